The Labute approximate surface area is 79.4 Å². The van der Waals surface area contributed by atoms with Crippen molar-refractivity contribution in [2.75, 3.05) is 0 Å². The molecule has 10 saturated heterocycles. The van der Waals surface area contributed by atoms with Crippen LogP contribution in [0.4, 0.5) is 0 Å². The molecule has 3 heteroatoms. The van der Waals surface area contributed by atoms with E-state index in [1.807, 2.05) is 0 Å². The van der Waals surface area contributed by atoms with Gasteiger partial charge >= 0.3 is 79.6 Å². The molecule has 1 spiro atoms. The predicted octanol–water partition coefficient (Wildman–Crippen LogP) is 3.67. The zero-order valence-electron chi connectivity index (χ0n) is 7.34. The van der Waals surface area contributed by atoms with Crippen molar-refractivity contribution in [3.63, 3.8) is 0 Å². The molecule has 10 aliphatic heterocycles. The zero-order valence-corrected chi connectivity index (χ0v) is 10.0. The van der Waals surface area contributed by atoms with E-state index >= 15 is 0 Å². The van der Waals surface area contributed by atoms with Gasteiger partial charge < -0.3 is 0 Å². The van der Waals surface area contributed by atoms with Crippen molar-refractivity contribution in [2.24, 2.45) is 0 Å². The third kappa shape index (κ3) is 0.0358. The monoisotopic (exact) mass is 292 g/mol. The molecule has 0 aliphatic carbocycles. The summed E-state index contributed by atoms with van der Waals surface area (Å²) < 4.78 is 1.01. The van der Waals surface area contributed by atoms with E-state index in [1.165, 1.54) is 33.7 Å². The van der Waals surface area contributed by atoms with Crippen LogP contribution in [0.3, 0.4) is 0 Å². The number of carbonyl (C=O) groups excluding carboxylic acids is 1. The summed E-state index contributed by atoms with van der Waals surface area (Å²) in [7, 11) is 0. The third-order valence-corrected chi connectivity index (χ3v) is 58.3. The Kier molecular flexibility index (Phi) is 0.115. The van der Waals surface area contributed by atoms with Gasteiger partial charge in [0, 0.05) is 0 Å². The summed E-state index contributed by atoms with van der Waals surface area (Å²) in [6.45, 7) is -2.99. The fourth-order valence-electron chi connectivity index (χ4n) is 16.7. The van der Waals surface area contributed by atoms with E-state index in [1.54, 1.807) is 0 Å². The molecule has 10 rings (SSSR count). The molecule has 0 saturated carbocycles. The van der Waals surface area contributed by atoms with Gasteiger partial charge in [0.05, 0.1) is 0 Å². The second-order valence-corrected chi connectivity index (χ2v) is 34.2. The molecule has 0 N–H and O–H groups in total. The van der Waals surface area contributed by atoms with Crippen LogP contribution in [0.15, 0.2) is 0 Å². The van der Waals surface area contributed by atoms with Gasteiger partial charge in [0.2, 0.25) is 0 Å². The maximum atomic E-state index is 12.2. The topological polar surface area (TPSA) is 17.1 Å². The average molecular weight is 293 g/mol. The summed E-state index contributed by atoms with van der Waals surface area (Å²) in [4.78, 5) is 23.5. The average Bonchev–Trinajstić information content (AvgIpc) is 3.13. The summed E-state index contributed by atoms with van der Waals surface area (Å²) >= 11 is 3.44. The fourth-order valence-corrected chi connectivity index (χ4v) is 94.1. The first kappa shape index (κ1) is 4.89. The van der Waals surface area contributed by atoms with E-state index in [9.17, 15) is 4.79 Å². The number of hydrogen-bond donors (Lipinski definition) is 0. The Bertz CT molecular complexity index is 849. The molecule has 10 aliphatic rings. The molecule has 14 heavy (non-hydrogen) atoms. The first-order valence-corrected chi connectivity index (χ1v) is 13.0. The Balaban J connectivity index is 1.98. The first-order chi connectivity index (χ1) is 6.49. The quantitative estimate of drug-likeness (QED) is 0.532. The summed E-state index contributed by atoms with van der Waals surface area (Å²) in [6.07, 6.45) is 0. The van der Waals surface area contributed by atoms with Crippen LogP contribution >= 0.6 is 15.9 Å². The van der Waals surface area contributed by atoms with Crippen LogP contribution in [-0.4, -0.2) is 4.69 Å². The fraction of sp³-hybridized carbons (Fsp3) is 0.909. The molecule has 0 bridgehead atoms. The van der Waals surface area contributed by atoms with Crippen LogP contribution in [0, 0.1) is 0 Å². The molecular weight excluding hydrogens is 284 g/mol. The molecule has 0 radical (unpaired) electrons. The molecule has 0 aromatic carbocycles. The van der Waals surface area contributed by atoms with Crippen molar-refractivity contribution in [1.29, 1.82) is 0 Å². The number of hydrogen-bond acceptors (Lipinski definition) is 1. The van der Waals surface area contributed by atoms with Crippen molar-refractivity contribution in [3.8, 4) is 0 Å². The van der Waals surface area contributed by atoms with Gasteiger partial charge in [0.25, 0.3) is 0 Å². The van der Waals surface area contributed by atoms with Gasteiger partial charge in [-0.15, -0.1) is 0 Å². The summed E-state index contributed by atoms with van der Waals surface area (Å²) in [5.41, 5.74) is 0. The van der Waals surface area contributed by atoms with Gasteiger partial charge in [-0.05, 0) is 0 Å². The third-order valence-electron chi connectivity index (χ3n) is 15.0. The van der Waals surface area contributed by atoms with Crippen LogP contribution in [0.5, 0.6) is 0 Å². The Morgan fingerprint density at radius 1 is 0.929 bits per heavy atom. The van der Waals surface area contributed by atoms with Gasteiger partial charge in [-0.1, -0.05) is 0 Å². The molecule has 4 atom stereocenters. The van der Waals surface area contributed by atoms with E-state index in [-0.39, 0.29) is 0 Å². The van der Waals surface area contributed by atoms with E-state index in [0.29, 0.717) is 9.01 Å². The molecule has 1 nitrogen and oxygen atoms in total. The maximum absolute atomic E-state index is 12.2. The van der Waals surface area contributed by atoms with Crippen LogP contribution in [0.25, 0.3) is 0 Å². The van der Waals surface area contributed by atoms with E-state index in [4.69, 9.17) is 0 Å². The van der Waals surface area contributed by atoms with E-state index < -0.39 is 6.51 Å². The van der Waals surface area contributed by atoms with E-state index in [2.05, 4.69) is 15.9 Å². The minimum absolute atomic E-state index is 0.471. The molecular formula is C11H9BrFeO. The van der Waals surface area contributed by atoms with Gasteiger partial charge in [0.15, 0.2) is 0 Å². The van der Waals surface area contributed by atoms with Crippen molar-refractivity contribution in [2.45, 2.75) is 47.7 Å². The van der Waals surface area contributed by atoms with Gasteiger partial charge in [-0.25, -0.2) is 0 Å². The standard InChI is InChI=1S/C6H4BrO.C5H5.Fe/c7-6(8)5-3-1-2-4-5;1-2-4-5-3-1;/h1-4H;1-5H;. The van der Waals surface area contributed by atoms with Crippen LogP contribution in [0.1, 0.15) is 0 Å². The second-order valence-electron chi connectivity index (χ2n) is 9.95. The molecule has 10 fully saturated rings. The Morgan fingerprint density at radius 2 is 1.36 bits per heavy atom. The van der Waals surface area contributed by atoms with Crippen molar-refractivity contribution >= 4 is 20.6 Å². The van der Waals surface area contributed by atoms with Crippen molar-refractivity contribution in [3.05, 3.63) is 0 Å². The Hall–Kier alpha value is 0.669. The van der Waals surface area contributed by atoms with Gasteiger partial charge in [-0.3, -0.25) is 0 Å². The number of fused-ring (bicyclic) bond motifs is 10. The molecule has 4 unspecified atom stereocenters. The van der Waals surface area contributed by atoms with Crippen LogP contribution in [-0.2, 0) is 11.3 Å². The first-order valence-electron chi connectivity index (χ1n) is 5.90. The Morgan fingerprint density at radius 3 is 1.43 bits per heavy atom. The second kappa shape index (κ2) is 0.329. The van der Waals surface area contributed by atoms with Gasteiger partial charge in [0.1, 0.15) is 0 Å². The molecule has 10 heterocycles. The number of rotatable bonds is 1. The molecule has 0 amide bonds. The molecule has 0 aromatic rings. The molecule has 74 valence electrons. The normalized spacial score (nSPS) is 142. The van der Waals surface area contributed by atoms with Crippen molar-refractivity contribution in [1.82, 2.24) is 0 Å². The molecule has 0 aromatic heterocycles. The van der Waals surface area contributed by atoms with Crippen LogP contribution in [0.2, 0.25) is 47.7 Å². The summed E-state index contributed by atoms with van der Waals surface area (Å²) in [5.74, 6) is 0. The van der Waals surface area contributed by atoms with E-state index in [0.717, 1.165) is 9.63 Å². The number of carbonyl (C=O) groups is 1. The number of halogens is 1. The van der Waals surface area contributed by atoms with Crippen molar-refractivity contribution < 1.29 is 11.3 Å². The van der Waals surface area contributed by atoms with Gasteiger partial charge in [-0.2, -0.15) is 0 Å². The van der Waals surface area contributed by atoms with Crippen LogP contribution < -0.4 is 0 Å². The predicted molar refractivity (Wildman–Crippen MR) is 50.4 cm³/mol. The summed E-state index contributed by atoms with van der Waals surface area (Å²) in [5, 5.41) is 0. The summed E-state index contributed by atoms with van der Waals surface area (Å²) in [6, 6.07) is 0. The SMILES string of the molecule is O=C(Br)[C]12[CH]3[CH]4[CH]5[CH]1[Fe]45321678[CH]2[CH]1[CH]6[CH]7[CH]28. The zero-order chi connectivity index (χ0) is 8.59. The minimum atomic E-state index is -2.99.